The van der Waals surface area contributed by atoms with E-state index in [1.165, 1.54) is 78.3 Å². The first kappa shape index (κ1) is 15.7. The van der Waals surface area contributed by atoms with Gasteiger partial charge < -0.3 is 0 Å². The molecule has 0 N–H and O–H groups in total. The zero-order valence-corrected chi connectivity index (χ0v) is 14.9. The van der Waals surface area contributed by atoms with Crippen LogP contribution in [0.5, 0.6) is 0 Å². The largest absolute Gasteiger partial charge is 0.0952 e. The van der Waals surface area contributed by atoms with Gasteiger partial charge in [0.25, 0.3) is 0 Å². The van der Waals surface area contributed by atoms with Crippen LogP contribution in [0, 0.1) is 12.8 Å². The Morgan fingerprint density at radius 2 is 1.67 bits per heavy atom. The summed E-state index contributed by atoms with van der Waals surface area (Å²) in [5, 5.41) is 0. The number of hydrogen-bond donors (Lipinski definition) is 0. The molecular formula is C24H28. The number of benzene rings is 2. The highest BCUT2D eigenvalue weighted by atomic mass is 14.2. The molecule has 0 nitrogen and oxygen atoms in total. The van der Waals surface area contributed by atoms with Gasteiger partial charge in [0.15, 0.2) is 0 Å². The first-order valence-corrected chi connectivity index (χ1v) is 9.62. The van der Waals surface area contributed by atoms with Gasteiger partial charge in [-0.15, -0.1) is 0 Å². The van der Waals surface area contributed by atoms with Gasteiger partial charge in [0.05, 0.1) is 0 Å². The van der Waals surface area contributed by atoms with Crippen LogP contribution in [0.2, 0.25) is 0 Å². The minimum atomic E-state index is 0.908. The van der Waals surface area contributed by atoms with Gasteiger partial charge in [-0.05, 0) is 77.5 Å². The molecule has 2 aliphatic rings. The van der Waals surface area contributed by atoms with Crippen LogP contribution in [0.4, 0.5) is 0 Å². The smallest absolute Gasteiger partial charge is 0.0181 e. The maximum atomic E-state index is 4.24. The van der Waals surface area contributed by atoms with Crippen molar-refractivity contribution in [1.29, 1.82) is 0 Å². The van der Waals surface area contributed by atoms with Crippen LogP contribution in [0.25, 0.3) is 16.7 Å². The molecule has 1 saturated carbocycles. The Morgan fingerprint density at radius 1 is 0.917 bits per heavy atom. The fourth-order valence-electron chi connectivity index (χ4n) is 4.55. The highest BCUT2D eigenvalue weighted by Gasteiger charge is 2.17. The molecule has 2 aromatic carbocycles. The number of allylic oxidation sites excluding steroid dienone is 1. The highest BCUT2D eigenvalue weighted by Crippen LogP contribution is 2.34. The molecule has 0 heteroatoms. The molecule has 0 unspecified atom stereocenters. The number of aryl methyl sites for hydroxylation is 2. The molecule has 4 rings (SSSR count). The molecule has 24 heavy (non-hydrogen) atoms. The fraction of sp³-hybridized carbons (Fsp3) is 0.417. The van der Waals surface area contributed by atoms with Gasteiger partial charge in [-0.1, -0.05) is 68.7 Å². The van der Waals surface area contributed by atoms with Crippen LogP contribution in [-0.4, -0.2) is 0 Å². The predicted octanol–water partition coefficient (Wildman–Crippen LogP) is 6.74. The van der Waals surface area contributed by atoms with E-state index in [0.717, 1.165) is 12.3 Å². The topological polar surface area (TPSA) is 0 Å². The Hall–Kier alpha value is -1.82. The predicted molar refractivity (Wildman–Crippen MR) is 104 cm³/mol. The van der Waals surface area contributed by atoms with Gasteiger partial charge in [-0.3, -0.25) is 0 Å². The van der Waals surface area contributed by atoms with Crippen LogP contribution in [0.1, 0.15) is 60.8 Å². The summed E-state index contributed by atoms with van der Waals surface area (Å²) in [6, 6.07) is 14.1. The second kappa shape index (κ2) is 6.59. The summed E-state index contributed by atoms with van der Waals surface area (Å²) in [6.07, 6.45) is 10.6. The summed E-state index contributed by atoms with van der Waals surface area (Å²) in [5.74, 6) is 0.908. The molecule has 0 amide bonds. The van der Waals surface area contributed by atoms with Gasteiger partial charge in [0.2, 0.25) is 0 Å². The van der Waals surface area contributed by atoms with Gasteiger partial charge in [0, 0.05) is 0 Å². The lowest BCUT2D eigenvalue weighted by atomic mass is 9.85. The summed E-state index contributed by atoms with van der Waals surface area (Å²) in [4.78, 5) is 0. The lowest BCUT2D eigenvalue weighted by molar-refractivity contribution is 0.545. The molecule has 0 aliphatic heterocycles. The van der Waals surface area contributed by atoms with Crippen molar-refractivity contribution in [3.63, 3.8) is 0 Å². The molecule has 0 spiro atoms. The van der Waals surface area contributed by atoms with Crippen molar-refractivity contribution >= 4 is 5.57 Å². The van der Waals surface area contributed by atoms with Crippen LogP contribution in [0.15, 0.2) is 43.0 Å². The molecule has 0 saturated heterocycles. The van der Waals surface area contributed by atoms with Crippen molar-refractivity contribution in [1.82, 2.24) is 0 Å². The standard InChI is InChI=1S/C24H28/c1-17-10-11-20(16-23(17)14-19-7-3-4-8-19)21-12-13-24-18(2)6-5-9-22(24)15-21/h10-13,15-16,19H,2-9,14H2,1H3. The monoisotopic (exact) mass is 316 g/mol. The maximum absolute atomic E-state index is 4.24. The Kier molecular flexibility index (Phi) is 4.31. The third kappa shape index (κ3) is 3.07. The quantitative estimate of drug-likeness (QED) is 0.588. The van der Waals surface area contributed by atoms with E-state index in [0.29, 0.717) is 0 Å². The van der Waals surface area contributed by atoms with Crippen LogP contribution < -0.4 is 0 Å². The van der Waals surface area contributed by atoms with E-state index in [4.69, 9.17) is 0 Å². The summed E-state index contributed by atoms with van der Waals surface area (Å²) in [5.41, 5.74) is 9.96. The minimum Gasteiger partial charge on any atom is -0.0952 e. The van der Waals surface area contributed by atoms with Crippen molar-refractivity contribution in [3.05, 3.63) is 65.2 Å². The molecule has 0 heterocycles. The van der Waals surface area contributed by atoms with E-state index in [1.54, 1.807) is 5.56 Å². The third-order valence-corrected chi connectivity index (χ3v) is 6.08. The van der Waals surface area contributed by atoms with Gasteiger partial charge in [0.1, 0.15) is 0 Å². The normalized spacial score (nSPS) is 18.0. The summed E-state index contributed by atoms with van der Waals surface area (Å²) >= 11 is 0. The highest BCUT2D eigenvalue weighted by molar-refractivity contribution is 5.73. The molecule has 0 atom stereocenters. The van der Waals surface area contributed by atoms with Crippen molar-refractivity contribution < 1.29 is 0 Å². The van der Waals surface area contributed by atoms with Crippen molar-refractivity contribution in [3.8, 4) is 11.1 Å². The van der Waals surface area contributed by atoms with E-state index in [1.807, 2.05) is 0 Å². The van der Waals surface area contributed by atoms with Gasteiger partial charge >= 0.3 is 0 Å². The van der Waals surface area contributed by atoms with Crippen molar-refractivity contribution in [2.24, 2.45) is 5.92 Å². The zero-order chi connectivity index (χ0) is 16.5. The number of rotatable bonds is 3. The van der Waals surface area contributed by atoms with Crippen molar-refractivity contribution in [2.45, 2.75) is 58.3 Å². The molecule has 0 bridgehead atoms. The van der Waals surface area contributed by atoms with E-state index in [9.17, 15) is 0 Å². The number of hydrogen-bond acceptors (Lipinski definition) is 0. The fourth-order valence-corrected chi connectivity index (χ4v) is 4.55. The Labute approximate surface area is 146 Å². The molecule has 0 aromatic heterocycles. The molecule has 2 aliphatic carbocycles. The van der Waals surface area contributed by atoms with Crippen molar-refractivity contribution in [2.75, 3.05) is 0 Å². The minimum absolute atomic E-state index is 0.908. The average Bonchev–Trinajstić information content (AvgIpc) is 3.10. The van der Waals surface area contributed by atoms with Crippen LogP contribution in [0.3, 0.4) is 0 Å². The van der Waals surface area contributed by atoms with E-state index >= 15 is 0 Å². The summed E-state index contributed by atoms with van der Waals surface area (Å²) in [6.45, 7) is 6.51. The average molecular weight is 316 g/mol. The summed E-state index contributed by atoms with van der Waals surface area (Å²) in [7, 11) is 0. The maximum Gasteiger partial charge on any atom is -0.0181 e. The molecule has 124 valence electrons. The third-order valence-electron chi connectivity index (χ3n) is 6.08. The zero-order valence-electron chi connectivity index (χ0n) is 14.9. The van der Waals surface area contributed by atoms with Gasteiger partial charge in [-0.25, -0.2) is 0 Å². The Balaban J connectivity index is 1.65. The van der Waals surface area contributed by atoms with Gasteiger partial charge in [-0.2, -0.15) is 0 Å². The second-order valence-electron chi connectivity index (χ2n) is 7.82. The molecular weight excluding hydrogens is 288 g/mol. The van der Waals surface area contributed by atoms with Crippen LogP contribution >= 0.6 is 0 Å². The molecule has 2 aromatic rings. The Bertz CT molecular complexity index is 760. The SMILES string of the molecule is C=C1CCCc2cc(-c3ccc(C)c(CC4CCCC4)c3)ccc21. The molecule has 0 radical (unpaired) electrons. The lowest BCUT2D eigenvalue weighted by Gasteiger charge is -2.19. The van der Waals surface area contributed by atoms with E-state index < -0.39 is 0 Å². The van der Waals surface area contributed by atoms with Crippen LogP contribution in [-0.2, 0) is 12.8 Å². The first-order chi connectivity index (χ1) is 11.7. The van der Waals surface area contributed by atoms with E-state index in [-0.39, 0.29) is 0 Å². The first-order valence-electron chi connectivity index (χ1n) is 9.62. The number of fused-ring (bicyclic) bond motifs is 1. The second-order valence-corrected chi connectivity index (χ2v) is 7.82. The Morgan fingerprint density at radius 3 is 2.50 bits per heavy atom. The summed E-state index contributed by atoms with van der Waals surface area (Å²) < 4.78 is 0. The lowest BCUT2D eigenvalue weighted by Crippen LogP contribution is -2.02. The van der Waals surface area contributed by atoms with E-state index in [2.05, 4.69) is 49.9 Å². The molecule has 1 fully saturated rings.